The first-order valence-corrected chi connectivity index (χ1v) is 3.83. The van der Waals surface area contributed by atoms with E-state index >= 15 is 0 Å². The van der Waals surface area contributed by atoms with E-state index < -0.39 is 0 Å². The molecule has 1 heteroatoms. The van der Waals surface area contributed by atoms with Gasteiger partial charge in [-0.05, 0) is 25.2 Å². The molecule has 0 aliphatic carbocycles. The Morgan fingerprint density at radius 3 is 2.33 bits per heavy atom. The smallest absolute Gasteiger partial charge is 0.0575 e. The van der Waals surface area contributed by atoms with E-state index in [1.165, 1.54) is 6.42 Å². The van der Waals surface area contributed by atoms with E-state index in [1.807, 2.05) is 0 Å². The largest absolute Gasteiger partial charge is 0.378 e. The highest BCUT2D eigenvalue weighted by Gasteiger charge is 2.23. The predicted octanol–water partition coefficient (Wildman–Crippen LogP) is 2.07. The molecule has 1 nitrogen and oxygen atoms in total. The van der Waals surface area contributed by atoms with Crippen molar-refractivity contribution in [2.24, 2.45) is 11.8 Å². The molecule has 1 unspecified atom stereocenters. The Kier molecular flexibility index (Phi) is 2.12. The molecule has 3 atom stereocenters. The predicted molar refractivity (Wildman–Crippen MR) is 38.4 cm³/mol. The van der Waals surface area contributed by atoms with Gasteiger partial charge in [0.25, 0.3) is 0 Å². The molecule has 1 aliphatic rings. The molecular formula is C8H16O. The quantitative estimate of drug-likeness (QED) is 0.485. The van der Waals surface area contributed by atoms with Gasteiger partial charge in [-0.15, -0.1) is 0 Å². The van der Waals surface area contributed by atoms with Crippen LogP contribution in [0.3, 0.4) is 0 Å². The van der Waals surface area contributed by atoms with Crippen molar-refractivity contribution in [2.75, 3.05) is 6.61 Å². The number of ether oxygens (including phenoxy) is 1. The van der Waals surface area contributed by atoms with Crippen LogP contribution in [-0.2, 0) is 4.74 Å². The molecule has 0 aromatic rings. The second kappa shape index (κ2) is 2.70. The Hall–Kier alpha value is -0.0400. The molecule has 9 heavy (non-hydrogen) atoms. The van der Waals surface area contributed by atoms with Gasteiger partial charge in [-0.25, -0.2) is 0 Å². The van der Waals surface area contributed by atoms with E-state index in [0.717, 1.165) is 18.4 Å². The summed E-state index contributed by atoms with van der Waals surface area (Å²) in [6.45, 7) is 7.71. The Balaban J connectivity index is 2.41. The molecule has 0 bridgehead atoms. The highest BCUT2D eigenvalue weighted by molar-refractivity contribution is 4.72. The van der Waals surface area contributed by atoms with E-state index in [4.69, 9.17) is 4.74 Å². The van der Waals surface area contributed by atoms with Crippen molar-refractivity contribution in [3.8, 4) is 0 Å². The van der Waals surface area contributed by atoms with Crippen LogP contribution >= 0.6 is 0 Å². The van der Waals surface area contributed by atoms with Crippen molar-refractivity contribution < 1.29 is 4.74 Å². The molecule has 1 saturated heterocycles. The summed E-state index contributed by atoms with van der Waals surface area (Å²) in [5.41, 5.74) is 0. The van der Waals surface area contributed by atoms with Crippen LogP contribution < -0.4 is 0 Å². The minimum atomic E-state index is 0.480. The third-order valence-corrected chi connectivity index (χ3v) is 2.59. The summed E-state index contributed by atoms with van der Waals surface area (Å²) < 4.78 is 5.46. The molecule has 0 amide bonds. The first-order valence-electron chi connectivity index (χ1n) is 3.83. The second-order valence-electron chi connectivity index (χ2n) is 3.20. The van der Waals surface area contributed by atoms with E-state index in [9.17, 15) is 0 Å². The Morgan fingerprint density at radius 1 is 1.22 bits per heavy atom. The molecule has 1 heterocycles. The summed E-state index contributed by atoms with van der Waals surface area (Å²) in [7, 11) is 0. The average Bonchev–Trinajstić information content (AvgIpc) is 1.83. The van der Waals surface area contributed by atoms with E-state index in [-0.39, 0.29) is 0 Å². The molecule has 1 fully saturated rings. The van der Waals surface area contributed by atoms with Crippen LogP contribution in [0.5, 0.6) is 0 Å². The fraction of sp³-hybridized carbons (Fsp3) is 1.00. The Bertz CT molecular complexity index is 80.6. The topological polar surface area (TPSA) is 9.23 Å². The zero-order chi connectivity index (χ0) is 6.85. The summed E-state index contributed by atoms with van der Waals surface area (Å²) >= 11 is 0. The van der Waals surface area contributed by atoms with Gasteiger partial charge in [0.05, 0.1) is 6.10 Å². The summed E-state index contributed by atoms with van der Waals surface area (Å²) in [5.74, 6) is 1.60. The minimum absolute atomic E-state index is 0.480. The van der Waals surface area contributed by atoms with Gasteiger partial charge in [-0.1, -0.05) is 13.8 Å². The SMILES string of the molecule is CC1CCO[C@@H](C)[C@@H]1C. The lowest BCUT2D eigenvalue weighted by atomic mass is 9.87. The van der Waals surface area contributed by atoms with Gasteiger partial charge in [0.15, 0.2) is 0 Å². The molecule has 54 valence electrons. The molecule has 1 rings (SSSR count). The van der Waals surface area contributed by atoms with Gasteiger partial charge in [-0.3, -0.25) is 0 Å². The Morgan fingerprint density at radius 2 is 1.89 bits per heavy atom. The van der Waals surface area contributed by atoms with Crippen LogP contribution in [0.25, 0.3) is 0 Å². The monoisotopic (exact) mass is 128 g/mol. The van der Waals surface area contributed by atoms with Crippen LogP contribution in [0, 0.1) is 11.8 Å². The zero-order valence-corrected chi connectivity index (χ0v) is 6.55. The van der Waals surface area contributed by atoms with E-state index in [0.29, 0.717) is 6.10 Å². The van der Waals surface area contributed by atoms with Gasteiger partial charge in [0, 0.05) is 6.61 Å². The molecule has 0 aromatic carbocycles. The molecule has 0 radical (unpaired) electrons. The summed E-state index contributed by atoms with van der Waals surface area (Å²) in [6, 6.07) is 0. The van der Waals surface area contributed by atoms with Gasteiger partial charge in [0.2, 0.25) is 0 Å². The van der Waals surface area contributed by atoms with Crippen LogP contribution in [0.2, 0.25) is 0 Å². The first kappa shape index (κ1) is 7.07. The fourth-order valence-corrected chi connectivity index (χ4v) is 1.32. The van der Waals surface area contributed by atoms with Crippen molar-refractivity contribution in [3.05, 3.63) is 0 Å². The van der Waals surface area contributed by atoms with Crippen molar-refractivity contribution in [1.29, 1.82) is 0 Å². The van der Waals surface area contributed by atoms with Crippen LogP contribution in [0.1, 0.15) is 27.2 Å². The highest BCUT2D eigenvalue weighted by atomic mass is 16.5. The maximum absolute atomic E-state index is 5.46. The van der Waals surface area contributed by atoms with Gasteiger partial charge in [-0.2, -0.15) is 0 Å². The lowest BCUT2D eigenvalue weighted by Crippen LogP contribution is -2.30. The summed E-state index contributed by atoms with van der Waals surface area (Å²) in [6.07, 6.45) is 1.72. The summed E-state index contributed by atoms with van der Waals surface area (Å²) in [4.78, 5) is 0. The molecule has 1 aliphatic heterocycles. The molecular weight excluding hydrogens is 112 g/mol. The van der Waals surface area contributed by atoms with E-state index in [2.05, 4.69) is 20.8 Å². The van der Waals surface area contributed by atoms with Gasteiger partial charge in [0.1, 0.15) is 0 Å². The van der Waals surface area contributed by atoms with Crippen molar-refractivity contribution in [2.45, 2.75) is 33.3 Å². The van der Waals surface area contributed by atoms with Crippen molar-refractivity contribution in [1.82, 2.24) is 0 Å². The van der Waals surface area contributed by atoms with Crippen LogP contribution in [0.15, 0.2) is 0 Å². The lowest BCUT2D eigenvalue weighted by Gasteiger charge is -2.31. The highest BCUT2D eigenvalue weighted by Crippen LogP contribution is 2.25. The van der Waals surface area contributed by atoms with Crippen LogP contribution in [-0.4, -0.2) is 12.7 Å². The molecule has 0 saturated carbocycles. The number of hydrogen-bond donors (Lipinski definition) is 0. The average molecular weight is 128 g/mol. The Labute approximate surface area is 57.4 Å². The minimum Gasteiger partial charge on any atom is -0.378 e. The first-order chi connectivity index (χ1) is 4.22. The lowest BCUT2D eigenvalue weighted by molar-refractivity contribution is -0.0345. The van der Waals surface area contributed by atoms with E-state index in [1.54, 1.807) is 0 Å². The number of rotatable bonds is 0. The summed E-state index contributed by atoms with van der Waals surface area (Å²) in [5, 5.41) is 0. The molecule has 0 spiro atoms. The van der Waals surface area contributed by atoms with Crippen molar-refractivity contribution in [3.63, 3.8) is 0 Å². The van der Waals surface area contributed by atoms with Crippen molar-refractivity contribution >= 4 is 0 Å². The third-order valence-electron chi connectivity index (χ3n) is 2.59. The fourth-order valence-electron chi connectivity index (χ4n) is 1.32. The molecule has 0 N–H and O–H groups in total. The maximum atomic E-state index is 5.46. The standard InChI is InChI=1S/C8H16O/c1-6-4-5-9-8(3)7(6)2/h6-8H,4-5H2,1-3H3/t6?,7-,8+/m1/s1. The number of hydrogen-bond acceptors (Lipinski definition) is 1. The normalized spacial score (nSPS) is 45.0. The second-order valence-corrected chi connectivity index (χ2v) is 3.20. The maximum Gasteiger partial charge on any atom is 0.0575 e. The van der Waals surface area contributed by atoms with Gasteiger partial charge < -0.3 is 4.74 Å². The van der Waals surface area contributed by atoms with Crippen LogP contribution in [0.4, 0.5) is 0 Å². The zero-order valence-electron chi connectivity index (χ0n) is 6.55. The molecule has 0 aromatic heterocycles. The van der Waals surface area contributed by atoms with Gasteiger partial charge >= 0.3 is 0 Å². The third kappa shape index (κ3) is 1.45.